The molecule has 0 aromatic heterocycles. The molecule has 0 radical (unpaired) electrons. The van der Waals surface area contributed by atoms with Crippen LogP contribution in [0.2, 0.25) is 0 Å². The fourth-order valence-corrected chi connectivity index (χ4v) is 1.36. The minimum absolute atomic E-state index is 0.0347. The van der Waals surface area contributed by atoms with Gasteiger partial charge >= 0.3 is 5.97 Å². The van der Waals surface area contributed by atoms with E-state index in [4.69, 9.17) is 5.11 Å². The lowest BCUT2D eigenvalue weighted by molar-refractivity contribution is -0.141. The van der Waals surface area contributed by atoms with Crippen LogP contribution < -0.4 is 5.32 Å². The minimum atomic E-state index is -2.39. The highest BCUT2D eigenvalue weighted by Gasteiger charge is 2.31. The number of carbonyl (C=O) groups is 1. The molecule has 0 bridgehead atoms. The van der Waals surface area contributed by atoms with E-state index in [9.17, 15) is 13.6 Å². The first-order valence-corrected chi connectivity index (χ1v) is 3.85. The smallest absolute Gasteiger partial charge is 0.320 e. The first kappa shape index (κ1) is 9.38. The maximum absolute atomic E-state index is 12.1. The maximum atomic E-state index is 12.1. The lowest BCUT2D eigenvalue weighted by Crippen LogP contribution is -2.44. The first-order chi connectivity index (χ1) is 5.61. The normalized spacial score (nSPS) is 30.6. The summed E-state index contributed by atoms with van der Waals surface area (Å²) in [5.41, 5.74) is 0. The van der Waals surface area contributed by atoms with Crippen molar-refractivity contribution in [2.45, 2.75) is 25.3 Å². The summed E-state index contributed by atoms with van der Waals surface area (Å²) >= 11 is 0. The second-order valence-corrected chi connectivity index (χ2v) is 2.96. The van der Waals surface area contributed by atoms with Crippen molar-refractivity contribution in [3.05, 3.63) is 0 Å². The van der Waals surface area contributed by atoms with Crippen LogP contribution in [0.25, 0.3) is 0 Å². The Morgan fingerprint density at radius 2 is 2.25 bits per heavy atom. The molecule has 5 heteroatoms. The monoisotopic (exact) mass is 179 g/mol. The number of carboxylic acids is 1. The summed E-state index contributed by atoms with van der Waals surface area (Å²) in [5, 5.41) is 11.2. The van der Waals surface area contributed by atoms with E-state index in [1.807, 2.05) is 0 Å². The average Bonchev–Trinajstić information content (AvgIpc) is 2.04. The molecule has 1 rings (SSSR count). The lowest BCUT2D eigenvalue weighted by Gasteiger charge is -2.26. The molecule has 0 aromatic carbocycles. The molecule has 1 heterocycles. The van der Waals surface area contributed by atoms with E-state index in [0.717, 1.165) is 0 Å². The summed E-state index contributed by atoms with van der Waals surface area (Å²) in [7, 11) is 0. The Kier molecular flexibility index (Phi) is 2.97. The van der Waals surface area contributed by atoms with Gasteiger partial charge in [0.25, 0.3) is 0 Å². The van der Waals surface area contributed by atoms with Crippen LogP contribution >= 0.6 is 0 Å². The highest BCUT2D eigenvalue weighted by molar-refractivity contribution is 5.73. The second kappa shape index (κ2) is 3.80. The molecule has 70 valence electrons. The van der Waals surface area contributed by atoms with Crippen molar-refractivity contribution < 1.29 is 18.7 Å². The van der Waals surface area contributed by atoms with Gasteiger partial charge in [0.2, 0.25) is 6.43 Å². The van der Waals surface area contributed by atoms with Crippen molar-refractivity contribution in [1.29, 1.82) is 0 Å². The first-order valence-electron chi connectivity index (χ1n) is 3.85. The Hall–Kier alpha value is -0.710. The van der Waals surface area contributed by atoms with Crippen molar-refractivity contribution in [3.8, 4) is 0 Å². The molecule has 1 aliphatic heterocycles. The summed E-state index contributed by atoms with van der Waals surface area (Å²) in [6, 6.07) is -0.794. The number of aliphatic carboxylic acids is 1. The van der Waals surface area contributed by atoms with E-state index >= 15 is 0 Å². The van der Waals surface area contributed by atoms with Gasteiger partial charge < -0.3 is 10.4 Å². The third-order valence-corrected chi connectivity index (χ3v) is 2.10. The van der Waals surface area contributed by atoms with Crippen LogP contribution in [0.5, 0.6) is 0 Å². The number of carboxylic acid groups (broad SMARTS) is 1. The third-order valence-electron chi connectivity index (χ3n) is 2.10. The fourth-order valence-electron chi connectivity index (χ4n) is 1.36. The van der Waals surface area contributed by atoms with Crippen molar-refractivity contribution in [1.82, 2.24) is 5.32 Å². The zero-order valence-electron chi connectivity index (χ0n) is 6.46. The number of rotatable bonds is 2. The number of piperidine rings is 1. The van der Waals surface area contributed by atoms with Gasteiger partial charge in [-0.3, -0.25) is 4.79 Å². The Morgan fingerprint density at radius 3 is 2.75 bits per heavy atom. The van der Waals surface area contributed by atoms with E-state index in [0.29, 0.717) is 13.0 Å². The number of alkyl halides is 2. The van der Waals surface area contributed by atoms with E-state index in [1.54, 1.807) is 0 Å². The number of halogens is 2. The minimum Gasteiger partial charge on any atom is -0.480 e. The van der Waals surface area contributed by atoms with Crippen LogP contribution in [0.1, 0.15) is 12.8 Å². The predicted molar refractivity (Wildman–Crippen MR) is 38.2 cm³/mol. The van der Waals surface area contributed by atoms with Crippen LogP contribution in [0, 0.1) is 5.92 Å². The third kappa shape index (κ3) is 2.14. The predicted octanol–water partition coefficient (Wildman–Crippen LogP) is 0.704. The van der Waals surface area contributed by atoms with E-state index in [1.165, 1.54) is 0 Å². The van der Waals surface area contributed by atoms with Crippen LogP contribution in [0.15, 0.2) is 0 Å². The van der Waals surface area contributed by atoms with Gasteiger partial charge in [-0.1, -0.05) is 0 Å². The van der Waals surface area contributed by atoms with Gasteiger partial charge in [0.05, 0.1) is 0 Å². The molecular weight excluding hydrogens is 168 g/mol. The molecule has 0 amide bonds. The molecule has 0 saturated carbocycles. The van der Waals surface area contributed by atoms with Gasteiger partial charge in [-0.25, -0.2) is 8.78 Å². The number of hydrogen-bond donors (Lipinski definition) is 2. The van der Waals surface area contributed by atoms with Crippen LogP contribution in [-0.4, -0.2) is 30.1 Å². The molecule has 1 fully saturated rings. The number of hydrogen-bond acceptors (Lipinski definition) is 2. The summed E-state index contributed by atoms with van der Waals surface area (Å²) in [6.07, 6.45) is -2.00. The molecule has 0 unspecified atom stereocenters. The van der Waals surface area contributed by atoms with Gasteiger partial charge in [-0.2, -0.15) is 0 Å². The Balaban J connectivity index is 2.46. The topological polar surface area (TPSA) is 49.3 Å². The van der Waals surface area contributed by atoms with E-state index < -0.39 is 24.4 Å². The van der Waals surface area contributed by atoms with Crippen LogP contribution in [0.4, 0.5) is 8.78 Å². The zero-order valence-corrected chi connectivity index (χ0v) is 6.46. The van der Waals surface area contributed by atoms with Gasteiger partial charge in [-0.15, -0.1) is 0 Å². The summed E-state index contributed by atoms with van der Waals surface area (Å²) in [6.45, 7) is 0.367. The molecule has 0 aliphatic carbocycles. The molecule has 2 atom stereocenters. The molecule has 1 aliphatic rings. The molecule has 12 heavy (non-hydrogen) atoms. The Morgan fingerprint density at radius 1 is 1.58 bits per heavy atom. The summed E-state index contributed by atoms with van der Waals surface area (Å²) in [5.74, 6) is -1.80. The van der Waals surface area contributed by atoms with Gasteiger partial charge in [-0.05, 0) is 19.4 Å². The quantitative estimate of drug-likeness (QED) is 0.656. The fraction of sp³-hybridized carbons (Fsp3) is 0.857. The highest BCUT2D eigenvalue weighted by Crippen LogP contribution is 2.22. The van der Waals surface area contributed by atoms with Crippen molar-refractivity contribution >= 4 is 5.97 Å². The van der Waals surface area contributed by atoms with Crippen molar-refractivity contribution in [2.75, 3.05) is 6.54 Å². The number of nitrogens with one attached hydrogen (secondary N) is 1. The molecule has 0 aromatic rings. The molecule has 2 N–H and O–H groups in total. The Labute approximate surface area is 68.8 Å². The van der Waals surface area contributed by atoms with Gasteiger partial charge in [0.1, 0.15) is 6.04 Å². The molecule has 3 nitrogen and oxygen atoms in total. The highest BCUT2D eigenvalue weighted by atomic mass is 19.3. The van der Waals surface area contributed by atoms with Crippen LogP contribution in [-0.2, 0) is 4.79 Å². The van der Waals surface area contributed by atoms with Crippen LogP contribution in [0.3, 0.4) is 0 Å². The van der Waals surface area contributed by atoms with Gasteiger partial charge in [0, 0.05) is 5.92 Å². The SMILES string of the molecule is O=C(O)[C@H]1C[C@@H](C(F)F)CCN1. The lowest BCUT2D eigenvalue weighted by atomic mass is 9.93. The van der Waals surface area contributed by atoms with Crippen molar-refractivity contribution in [2.24, 2.45) is 5.92 Å². The maximum Gasteiger partial charge on any atom is 0.320 e. The molecule has 1 saturated heterocycles. The van der Waals surface area contributed by atoms with E-state index in [2.05, 4.69) is 5.32 Å². The largest absolute Gasteiger partial charge is 0.480 e. The summed E-state index contributed by atoms with van der Waals surface area (Å²) in [4.78, 5) is 10.4. The second-order valence-electron chi connectivity index (χ2n) is 2.96. The van der Waals surface area contributed by atoms with Crippen molar-refractivity contribution in [3.63, 3.8) is 0 Å². The molecular formula is C7H11F2NO2. The van der Waals surface area contributed by atoms with E-state index in [-0.39, 0.29) is 6.42 Å². The average molecular weight is 179 g/mol. The molecule has 0 spiro atoms. The zero-order chi connectivity index (χ0) is 9.14. The van der Waals surface area contributed by atoms with Gasteiger partial charge in [0.15, 0.2) is 0 Å². The standard InChI is InChI=1S/C7H11F2NO2/c8-6(9)4-1-2-10-5(3-4)7(11)12/h4-6,10H,1-3H2,(H,11,12)/t4-,5+/m0/s1. The Bertz CT molecular complexity index is 175. The summed E-state index contributed by atoms with van der Waals surface area (Å²) < 4.78 is 24.3.